The first kappa shape index (κ1) is 17.9. The summed E-state index contributed by atoms with van der Waals surface area (Å²) in [4.78, 5) is 14.5. The lowest BCUT2D eigenvalue weighted by molar-refractivity contribution is -0.126. The second kappa shape index (κ2) is 8.45. The molecule has 1 aliphatic heterocycles. The highest BCUT2D eigenvalue weighted by Gasteiger charge is 2.25. The van der Waals surface area contributed by atoms with Crippen molar-refractivity contribution in [3.05, 3.63) is 70.5 Å². The van der Waals surface area contributed by atoms with E-state index in [9.17, 15) is 9.18 Å². The first-order valence-corrected chi connectivity index (χ1v) is 8.98. The monoisotopic (exact) mass is 360 g/mol. The molecule has 0 saturated carbocycles. The average molecular weight is 361 g/mol. The smallest absolute Gasteiger partial charge is 0.223 e. The lowest BCUT2D eigenvalue weighted by atomic mass is 9.95. The van der Waals surface area contributed by atoms with Crippen molar-refractivity contribution in [2.24, 2.45) is 5.92 Å². The summed E-state index contributed by atoms with van der Waals surface area (Å²) in [6.45, 7) is 2.59. The van der Waals surface area contributed by atoms with Gasteiger partial charge in [0.15, 0.2) is 0 Å². The van der Waals surface area contributed by atoms with E-state index in [2.05, 4.69) is 10.2 Å². The van der Waals surface area contributed by atoms with E-state index < -0.39 is 0 Å². The first-order chi connectivity index (χ1) is 12.1. The van der Waals surface area contributed by atoms with Crippen molar-refractivity contribution in [3.63, 3.8) is 0 Å². The third kappa shape index (κ3) is 4.80. The molecule has 1 heterocycles. The number of amides is 1. The fourth-order valence-corrected chi connectivity index (χ4v) is 3.41. The summed E-state index contributed by atoms with van der Waals surface area (Å²) in [5, 5.41) is 3.47. The summed E-state index contributed by atoms with van der Waals surface area (Å²) >= 11 is 6.10. The van der Waals surface area contributed by atoms with E-state index in [1.807, 2.05) is 30.3 Å². The molecule has 3 rings (SSSR count). The van der Waals surface area contributed by atoms with E-state index >= 15 is 0 Å². The largest absolute Gasteiger partial charge is 0.352 e. The maximum Gasteiger partial charge on any atom is 0.223 e. The molecule has 0 unspecified atom stereocenters. The van der Waals surface area contributed by atoms with E-state index in [0.29, 0.717) is 23.7 Å². The molecule has 132 valence electrons. The normalized spacial score (nSPS) is 15.9. The van der Waals surface area contributed by atoms with E-state index in [1.54, 1.807) is 12.1 Å². The lowest BCUT2D eigenvalue weighted by Gasteiger charge is -2.31. The Balaban J connectivity index is 1.47. The molecule has 0 atom stereocenters. The van der Waals surface area contributed by atoms with Crippen LogP contribution in [0.15, 0.2) is 48.5 Å². The fraction of sp³-hybridized carbons (Fsp3) is 0.350. The van der Waals surface area contributed by atoms with E-state index in [1.165, 1.54) is 6.07 Å². The molecule has 5 heteroatoms. The molecule has 0 aromatic heterocycles. The molecule has 0 spiro atoms. The van der Waals surface area contributed by atoms with Crippen molar-refractivity contribution < 1.29 is 9.18 Å². The number of hydrogen-bond donors (Lipinski definition) is 1. The van der Waals surface area contributed by atoms with E-state index in [4.69, 9.17) is 11.6 Å². The fourth-order valence-electron chi connectivity index (χ4n) is 3.19. The van der Waals surface area contributed by atoms with Gasteiger partial charge in [-0.3, -0.25) is 9.69 Å². The molecule has 0 bridgehead atoms. The number of nitrogens with one attached hydrogen (secondary N) is 1. The molecular formula is C20H22ClFN2O. The molecule has 1 N–H and O–H groups in total. The van der Waals surface area contributed by atoms with Gasteiger partial charge in [0.05, 0.1) is 0 Å². The van der Waals surface area contributed by atoms with Crippen LogP contribution in [0.4, 0.5) is 4.39 Å². The number of carbonyl (C=O) groups is 1. The number of likely N-dealkylation sites (tertiary alicyclic amines) is 1. The second-order valence-electron chi connectivity index (χ2n) is 6.45. The Bertz CT molecular complexity index is 695. The van der Waals surface area contributed by atoms with Crippen molar-refractivity contribution in [2.75, 3.05) is 13.1 Å². The van der Waals surface area contributed by atoms with Gasteiger partial charge in [0.1, 0.15) is 5.82 Å². The Labute approximate surface area is 152 Å². The van der Waals surface area contributed by atoms with Gasteiger partial charge in [-0.25, -0.2) is 4.39 Å². The van der Waals surface area contributed by atoms with Crippen LogP contribution in [0.5, 0.6) is 0 Å². The second-order valence-corrected chi connectivity index (χ2v) is 6.86. The van der Waals surface area contributed by atoms with Crippen LogP contribution < -0.4 is 5.32 Å². The van der Waals surface area contributed by atoms with Gasteiger partial charge in [-0.1, -0.05) is 48.0 Å². The molecule has 1 aliphatic rings. The van der Waals surface area contributed by atoms with Crippen LogP contribution in [0, 0.1) is 11.7 Å². The van der Waals surface area contributed by atoms with Crippen molar-refractivity contribution >= 4 is 17.5 Å². The van der Waals surface area contributed by atoms with Crippen LogP contribution in [0.3, 0.4) is 0 Å². The quantitative estimate of drug-likeness (QED) is 0.873. The molecule has 0 radical (unpaired) electrons. The highest BCUT2D eigenvalue weighted by molar-refractivity contribution is 6.31. The van der Waals surface area contributed by atoms with Crippen LogP contribution in [0.25, 0.3) is 0 Å². The lowest BCUT2D eigenvalue weighted by Crippen LogP contribution is -2.40. The van der Waals surface area contributed by atoms with Crippen molar-refractivity contribution in [3.8, 4) is 0 Å². The van der Waals surface area contributed by atoms with Crippen LogP contribution >= 0.6 is 11.6 Å². The molecular weight excluding hydrogens is 339 g/mol. The van der Waals surface area contributed by atoms with Crippen LogP contribution in [0.1, 0.15) is 24.0 Å². The average Bonchev–Trinajstić information content (AvgIpc) is 2.64. The Morgan fingerprint density at radius 2 is 1.84 bits per heavy atom. The minimum Gasteiger partial charge on any atom is -0.352 e. The zero-order valence-corrected chi connectivity index (χ0v) is 14.8. The third-order valence-corrected chi connectivity index (χ3v) is 5.07. The van der Waals surface area contributed by atoms with Crippen LogP contribution in [-0.2, 0) is 17.9 Å². The molecule has 2 aromatic carbocycles. The molecule has 0 aliphatic carbocycles. The standard InChI is InChI=1S/C20H22ClFN2O/c21-18-7-4-8-19(22)17(18)14-24-11-9-16(10-12-24)20(25)23-13-15-5-2-1-3-6-15/h1-8,16H,9-14H2,(H,23,25). The Morgan fingerprint density at radius 3 is 2.52 bits per heavy atom. The third-order valence-electron chi connectivity index (χ3n) is 4.71. The number of piperidine rings is 1. The maximum absolute atomic E-state index is 13.9. The Kier molecular flexibility index (Phi) is 6.05. The zero-order chi connectivity index (χ0) is 17.6. The number of halogens is 2. The maximum atomic E-state index is 13.9. The van der Waals surface area contributed by atoms with Gasteiger partial charge >= 0.3 is 0 Å². The molecule has 25 heavy (non-hydrogen) atoms. The molecule has 3 nitrogen and oxygen atoms in total. The van der Waals surface area contributed by atoms with E-state index in [-0.39, 0.29) is 17.6 Å². The molecule has 1 amide bonds. The van der Waals surface area contributed by atoms with Gasteiger partial charge in [0.2, 0.25) is 5.91 Å². The van der Waals surface area contributed by atoms with Gasteiger partial charge in [0, 0.05) is 29.6 Å². The van der Waals surface area contributed by atoms with Gasteiger partial charge < -0.3 is 5.32 Å². The van der Waals surface area contributed by atoms with Gasteiger partial charge in [0.25, 0.3) is 0 Å². The van der Waals surface area contributed by atoms with Crippen molar-refractivity contribution in [1.82, 2.24) is 10.2 Å². The predicted octanol–water partition coefficient (Wildman–Crippen LogP) is 4.01. The minimum atomic E-state index is -0.268. The van der Waals surface area contributed by atoms with Crippen molar-refractivity contribution in [2.45, 2.75) is 25.9 Å². The van der Waals surface area contributed by atoms with E-state index in [0.717, 1.165) is 31.5 Å². The first-order valence-electron chi connectivity index (χ1n) is 8.60. The minimum absolute atomic E-state index is 0.0241. The summed E-state index contributed by atoms with van der Waals surface area (Å²) in [6, 6.07) is 14.7. The zero-order valence-electron chi connectivity index (χ0n) is 14.1. The van der Waals surface area contributed by atoms with Gasteiger partial charge in [-0.2, -0.15) is 0 Å². The number of benzene rings is 2. The highest BCUT2D eigenvalue weighted by Crippen LogP contribution is 2.24. The summed E-state index contributed by atoms with van der Waals surface area (Å²) < 4.78 is 13.9. The number of hydrogen-bond acceptors (Lipinski definition) is 2. The highest BCUT2D eigenvalue weighted by atomic mass is 35.5. The molecule has 1 saturated heterocycles. The topological polar surface area (TPSA) is 32.3 Å². The van der Waals surface area contributed by atoms with Gasteiger partial charge in [-0.05, 0) is 43.6 Å². The summed E-state index contributed by atoms with van der Waals surface area (Å²) in [5.74, 6) is -0.140. The number of rotatable bonds is 5. The summed E-state index contributed by atoms with van der Waals surface area (Å²) in [5.41, 5.74) is 1.64. The molecule has 2 aromatic rings. The number of nitrogens with zero attached hydrogens (tertiary/aromatic N) is 1. The Morgan fingerprint density at radius 1 is 1.12 bits per heavy atom. The summed E-state index contributed by atoms with van der Waals surface area (Å²) in [6.07, 6.45) is 1.57. The summed E-state index contributed by atoms with van der Waals surface area (Å²) in [7, 11) is 0. The van der Waals surface area contributed by atoms with Crippen LogP contribution in [0.2, 0.25) is 5.02 Å². The predicted molar refractivity (Wildman–Crippen MR) is 97.7 cm³/mol. The number of carbonyl (C=O) groups excluding carboxylic acids is 1. The van der Waals surface area contributed by atoms with Crippen LogP contribution in [-0.4, -0.2) is 23.9 Å². The van der Waals surface area contributed by atoms with Crippen molar-refractivity contribution in [1.29, 1.82) is 0 Å². The van der Waals surface area contributed by atoms with Gasteiger partial charge in [-0.15, -0.1) is 0 Å². The Hall–Kier alpha value is -1.91. The SMILES string of the molecule is O=C(NCc1ccccc1)C1CCN(Cc2c(F)cccc2Cl)CC1. The molecule has 1 fully saturated rings.